The third kappa shape index (κ3) is 2.97. The second kappa shape index (κ2) is 6.17. The van der Waals surface area contributed by atoms with Gasteiger partial charge in [-0.05, 0) is 24.6 Å². The van der Waals surface area contributed by atoms with E-state index < -0.39 is 0 Å². The Morgan fingerprint density at radius 3 is 2.86 bits per heavy atom. The Morgan fingerprint density at radius 1 is 1.24 bits per heavy atom. The summed E-state index contributed by atoms with van der Waals surface area (Å²) in [5.74, 6) is 0.682. The molecule has 0 saturated carbocycles. The van der Waals surface area contributed by atoms with Gasteiger partial charge in [-0.15, -0.1) is 5.10 Å². The lowest BCUT2D eigenvalue weighted by atomic mass is 10.2. The molecule has 3 rings (SSSR count). The number of hydrogen-bond acceptors (Lipinski definition) is 5. The largest absolute Gasteiger partial charge is 0.227 e. The van der Waals surface area contributed by atoms with Crippen molar-refractivity contribution in [1.29, 1.82) is 0 Å². The molecule has 2 heterocycles. The second-order valence-corrected chi connectivity index (χ2v) is 6.09. The Hall–Kier alpha value is -1.37. The van der Waals surface area contributed by atoms with E-state index in [0.29, 0.717) is 15.8 Å². The Bertz CT molecular complexity index is 789. The zero-order chi connectivity index (χ0) is 14.8. The molecular formula is C13H11Cl2N5S. The first-order valence-electron chi connectivity index (χ1n) is 6.30. The predicted octanol–water partition coefficient (Wildman–Crippen LogP) is 3.84. The number of hydrogen-bond donors (Lipinski definition) is 0. The number of nitrogens with zero attached hydrogens (tertiary/aromatic N) is 5. The first-order chi connectivity index (χ1) is 10.2. The van der Waals surface area contributed by atoms with E-state index in [1.807, 2.05) is 19.1 Å². The highest BCUT2D eigenvalue weighted by Gasteiger charge is 2.12. The molecule has 5 nitrogen and oxygen atoms in total. The van der Waals surface area contributed by atoms with Gasteiger partial charge >= 0.3 is 0 Å². The molecule has 0 amide bonds. The first-order valence-corrected chi connectivity index (χ1v) is 8.04. The zero-order valence-corrected chi connectivity index (χ0v) is 13.5. The SMILES string of the molecule is CCn1nnc2c(SCc3ccc(Cl)cc3Cl)ncnc21. The van der Waals surface area contributed by atoms with Crippen molar-refractivity contribution in [2.75, 3.05) is 0 Å². The second-order valence-electron chi connectivity index (χ2n) is 4.28. The molecule has 3 aromatic rings. The molecule has 0 aliphatic rings. The van der Waals surface area contributed by atoms with E-state index in [0.717, 1.165) is 28.3 Å². The molecule has 0 spiro atoms. The third-order valence-corrected chi connectivity index (χ3v) is 4.56. The van der Waals surface area contributed by atoms with E-state index in [2.05, 4.69) is 20.3 Å². The van der Waals surface area contributed by atoms with Crippen LogP contribution in [0.2, 0.25) is 10.0 Å². The fourth-order valence-corrected chi connectivity index (χ4v) is 3.36. The average molecular weight is 340 g/mol. The maximum atomic E-state index is 6.18. The van der Waals surface area contributed by atoms with Crippen molar-refractivity contribution >= 4 is 46.1 Å². The number of aryl methyl sites for hydroxylation is 1. The summed E-state index contributed by atoms with van der Waals surface area (Å²) < 4.78 is 1.75. The van der Waals surface area contributed by atoms with Gasteiger partial charge in [0, 0.05) is 22.3 Å². The number of fused-ring (bicyclic) bond motifs is 1. The van der Waals surface area contributed by atoms with Crippen molar-refractivity contribution in [3.8, 4) is 0 Å². The maximum absolute atomic E-state index is 6.18. The van der Waals surface area contributed by atoms with Crippen LogP contribution in [0.5, 0.6) is 0 Å². The molecule has 0 radical (unpaired) electrons. The summed E-state index contributed by atoms with van der Waals surface area (Å²) in [5, 5.41) is 10.3. The van der Waals surface area contributed by atoms with Gasteiger partial charge in [0.25, 0.3) is 0 Å². The van der Waals surface area contributed by atoms with Crippen LogP contribution in [0.25, 0.3) is 11.2 Å². The van der Waals surface area contributed by atoms with Gasteiger partial charge in [-0.1, -0.05) is 46.2 Å². The first kappa shape index (κ1) is 14.6. The van der Waals surface area contributed by atoms with Gasteiger partial charge < -0.3 is 0 Å². The summed E-state index contributed by atoms with van der Waals surface area (Å²) in [6, 6.07) is 5.48. The Kier molecular flexibility index (Phi) is 4.28. The van der Waals surface area contributed by atoms with Gasteiger partial charge in [-0.3, -0.25) is 0 Å². The van der Waals surface area contributed by atoms with Gasteiger partial charge in [0.15, 0.2) is 11.2 Å². The Labute approximate surface area is 135 Å². The topological polar surface area (TPSA) is 56.5 Å². The van der Waals surface area contributed by atoms with E-state index in [1.165, 1.54) is 6.33 Å². The minimum absolute atomic E-state index is 0.629. The zero-order valence-electron chi connectivity index (χ0n) is 11.1. The highest BCUT2D eigenvalue weighted by atomic mass is 35.5. The number of aromatic nitrogens is 5. The summed E-state index contributed by atoms with van der Waals surface area (Å²) in [6.45, 7) is 2.72. The smallest absolute Gasteiger partial charge is 0.182 e. The number of rotatable bonds is 4. The van der Waals surface area contributed by atoms with E-state index in [1.54, 1.807) is 22.5 Å². The fraction of sp³-hybridized carbons (Fsp3) is 0.231. The monoisotopic (exact) mass is 339 g/mol. The Morgan fingerprint density at radius 2 is 2.10 bits per heavy atom. The molecule has 8 heteroatoms. The maximum Gasteiger partial charge on any atom is 0.182 e. The molecule has 108 valence electrons. The minimum Gasteiger partial charge on any atom is -0.227 e. The van der Waals surface area contributed by atoms with Crippen LogP contribution in [0.15, 0.2) is 29.6 Å². The standard InChI is InChI=1S/C13H11Cl2N5S/c1-2-20-12-11(18-19-20)13(17-7-16-12)21-6-8-3-4-9(14)5-10(8)15/h3-5,7H,2,6H2,1H3. The van der Waals surface area contributed by atoms with Crippen LogP contribution in [0.3, 0.4) is 0 Å². The van der Waals surface area contributed by atoms with E-state index in [4.69, 9.17) is 23.2 Å². The molecule has 0 fully saturated rings. The summed E-state index contributed by atoms with van der Waals surface area (Å²) in [4.78, 5) is 8.51. The van der Waals surface area contributed by atoms with E-state index in [9.17, 15) is 0 Å². The quantitative estimate of drug-likeness (QED) is 0.533. The lowest BCUT2D eigenvalue weighted by molar-refractivity contribution is 0.641. The molecule has 0 bridgehead atoms. The number of halogens is 2. The van der Waals surface area contributed by atoms with Gasteiger partial charge in [0.2, 0.25) is 0 Å². The molecular weight excluding hydrogens is 329 g/mol. The van der Waals surface area contributed by atoms with E-state index >= 15 is 0 Å². The fourth-order valence-electron chi connectivity index (χ4n) is 1.87. The van der Waals surface area contributed by atoms with Crippen molar-refractivity contribution in [2.45, 2.75) is 24.2 Å². The predicted molar refractivity (Wildman–Crippen MR) is 84.8 cm³/mol. The van der Waals surface area contributed by atoms with Crippen LogP contribution >= 0.6 is 35.0 Å². The molecule has 0 aliphatic heterocycles. The van der Waals surface area contributed by atoms with Gasteiger partial charge in [0.1, 0.15) is 11.4 Å². The highest BCUT2D eigenvalue weighted by molar-refractivity contribution is 7.98. The molecule has 0 atom stereocenters. The lowest BCUT2D eigenvalue weighted by Gasteiger charge is -2.04. The van der Waals surface area contributed by atoms with Crippen molar-refractivity contribution in [3.05, 3.63) is 40.1 Å². The number of benzene rings is 1. The van der Waals surface area contributed by atoms with Crippen molar-refractivity contribution in [1.82, 2.24) is 25.0 Å². The minimum atomic E-state index is 0.629. The van der Waals surface area contributed by atoms with Gasteiger partial charge in [-0.2, -0.15) is 0 Å². The van der Waals surface area contributed by atoms with Gasteiger partial charge in [-0.25, -0.2) is 14.6 Å². The Balaban J connectivity index is 1.87. The van der Waals surface area contributed by atoms with Crippen LogP contribution in [-0.4, -0.2) is 25.0 Å². The summed E-state index contributed by atoms with van der Waals surface area (Å²) in [6.07, 6.45) is 1.53. The van der Waals surface area contributed by atoms with Crippen molar-refractivity contribution in [2.24, 2.45) is 0 Å². The van der Waals surface area contributed by atoms with Crippen molar-refractivity contribution < 1.29 is 0 Å². The molecule has 2 aromatic heterocycles. The van der Waals surface area contributed by atoms with E-state index in [-0.39, 0.29) is 0 Å². The molecule has 0 aliphatic carbocycles. The lowest BCUT2D eigenvalue weighted by Crippen LogP contribution is -1.97. The summed E-state index contributed by atoms with van der Waals surface area (Å²) >= 11 is 13.6. The van der Waals surface area contributed by atoms with Crippen LogP contribution in [0.4, 0.5) is 0 Å². The highest BCUT2D eigenvalue weighted by Crippen LogP contribution is 2.29. The molecule has 1 aromatic carbocycles. The molecule has 0 unspecified atom stereocenters. The summed E-state index contributed by atoms with van der Waals surface area (Å²) in [5.41, 5.74) is 2.47. The number of thioether (sulfide) groups is 1. The third-order valence-electron chi connectivity index (χ3n) is 2.95. The molecule has 0 N–H and O–H groups in total. The van der Waals surface area contributed by atoms with Crippen LogP contribution in [-0.2, 0) is 12.3 Å². The summed E-state index contributed by atoms with van der Waals surface area (Å²) in [7, 11) is 0. The normalized spacial score (nSPS) is 11.2. The van der Waals surface area contributed by atoms with Crippen LogP contribution < -0.4 is 0 Å². The molecule has 21 heavy (non-hydrogen) atoms. The van der Waals surface area contributed by atoms with Crippen LogP contribution in [0, 0.1) is 0 Å². The molecule has 0 saturated heterocycles. The van der Waals surface area contributed by atoms with Crippen LogP contribution in [0.1, 0.15) is 12.5 Å². The van der Waals surface area contributed by atoms with Gasteiger partial charge in [0.05, 0.1) is 0 Å². The van der Waals surface area contributed by atoms with Crippen molar-refractivity contribution in [3.63, 3.8) is 0 Å². The average Bonchev–Trinajstić information content (AvgIpc) is 2.90.